The maximum Gasteiger partial charge on any atom is 0.187 e. The largest absolute Gasteiger partial charge is 0.327 e. The molecule has 0 amide bonds. The average Bonchev–Trinajstić information content (AvgIpc) is 2.78. The van der Waals surface area contributed by atoms with Crippen molar-refractivity contribution in [2.45, 2.75) is 51.6 Å². The summed E-state index contributed by atoms with van der Waals surface area (Å²) in [6, 6.07) is 0.00114. The number of aryl methyl sites for hydroxylation is 1. The molecule has 5 heteroatoms. The molecule has 2 N–H and O–H groups in total. The maximum absolute atomic E-state index is 12.4. The molecule has 1 aliphatic rings. The summed E-state index contributed by atoms with van der Waals surface area (Å²) in [5, 5.41) is 7.78. The SMILES string of the molecule is CCCn1nncc1C(=O)C1CCCCC1N. The number of hydrogen-bond acceptors (Lipinski definition) is 4. The summed E-state index contributed by atoms with van der Waals surface area (Å²) in [6.07, 6.45) is 6.60. The van der Waals surface area contributed by atoms with Gasteiger partial charge in [-0.25, -0.2) is 4.68 Å². The predicted octanol–water partition coefficient (Wildman–Crippen LogP) is 1.39. The van der Waals surface area contributed by atoms with Gasteiger partial charge in [0.15, 0.2) is 5.78 Å². The third-order valence-electron chi connectivity index (χ3n) is 3.46. The Morgan fingerprint density at radius 1 is 1.53 bits per heavy atom. The highest BCUT2D eigenvalue weighted by molar-refractivity contribution is 5.96. The van der Waals surface area contributed by atoms with Crippen LogP contribution in [-0.4, -0.2) is 26.8 Å². The van der Waals surface area contributed by atoms with Gasteiger partial charge in [-0.2, -0.15) is 0 Å². The minimum atomic E-state index is -0.0437. The van der Waals surface area contributed by atoms with Gasteiger partial charge in [-0.1, -0.05) is 25.0 Å². The Morgan fingerprint density at radius 2 is 2.29 bits per heavy atom. The predicted molar refractivity (Wildman–Crippen MR) is 64.6 cm³/mol. The highest BCUT2D eigenvalue weighted by atomic mass is 16.1. The number of nitrogens with two attached hydrogens (primary N) is 1. The average molecular weight is 236 g/mol. The third-order valence-corrected chi connectivity index (χ3v) is 3.46. The van der Waals surface area contributed by atoms with Crippen LogP contribution < -0.4 is 5.73 Å². The van der Waals surface area contributed by atoms with Gasteiger partial charge in [0, 0.05) is 18.5 Å². The van der Waals surface area contributed by atoms with E-state index in [2.05, 4.69) is 17.2 Å². The molecule has 0 saturated heterocycles. The molecule has 94 valence electrons. The maximum atomic E-state index is 12.4. The molecule has 2 atom stereocenters. The number of nitrogens with zero attached hydrogens (tertiary/aromatic N) is 3. The second-order valence-electron chi connectivity index (χ2n) is 4.76. The molecule has 1 aliphatic carbocycles. The van der Waals surface area contributed by atoms with Crippen LogP contribution in [0.1, 0.15) is 49.5 Å². The zero-order chi connectivity index (χ0) is 12.3. The summed E-state index contributed by atoms with van der Waals surface area (Å²) < 4.78 is 1.70. The molecule has 0 bridgehead atoms. The quantitative estimate of drug-likeness (QED) is 0.802. The van der Waals surface area contributed by atoms with Gasteiger partial charge in [0.05, 0.1) is 6.20 Å². The van der Waals surface area contributed by atoms with Gasteiger partial charge in [0.25, 0.3) is 0 Å². The van der Waals surface area contributed by atoms with Crippen LogP contribution in [0, 0.1) is 5.92 Å². The highest BCUT2D eigenvalue weighted by Crippen LogP contribution is 2.26. The topological polar surface area (TPSA) is 73.8 Å². The first kappa shape index (κ1) is 12.2. The monoisotopic (exact) mass is 236 g/mol. The minimum Gasteiger partial charge on any atom is -0.327 e. The molecule has 2 unspecified atom stereocenters. The number of ketones is 1. The van der Waals surface area contributed by atoms with E-state index >= 15 is 0 Å². The molecule has 1 heterocycles. The fraction of sp³-hybridized carbons (Fsp3) is 0.750. The van der Waals surface area contributed by atoms with Crippen LogP contribution in [0.4, 0.5) is 0 Å². The van der Waals surface area contributed by atoms with Crippen LogP contribution in [0.25, 0.3) is 0 Å². The summed E-state index contributed by atoms with van der Waals surface area (Å²) in [7, 11) is 0. The van der Waals surface area contributed by atoms with Gasteiger partial charge in [-0.15, -0.1) is 5.10 Å². The molecule has 1 aromatic heterocycles. The van der Waals surface area contributed by atoms with Crippen molar-refractivity contribution in [3.63, 3.8) is 0 Å². The molecular weight excluding hydrogens is 216 g/mol. The van der Waals surface area contributed by atoms with E-state index in [-0.39, 0.29) is 17.7 Å². The molecule has 1 fully saturated rings. The molecule has 0 spiro atoms. The lowest BCUT2D eigenvalue weighted by Gasteiger charge is -2.27. The summed E-state index contributed by atoms with van der Waals surface area (Å²) in [4.78, 5) is 12.4. The minimum absolute atomic E-state index is 0.00114. The zero-order valence-corrected chi connectivity index (χ0v) is 10.3. The Bertz CT molecular complexity index is 388. The number of rotatable bonds is 4. The van der Waals surface area contributed by atoms with E-state index in [9.17, 15) is 4.79 Å². The van der Waals surface area contributed by atoms with Crippen LogP contribution in [0.2, 0.25) is 0 Å². The normalized spacial score (nSPS) is 24.8. The molecule has 0 radical (unpaired) electrons. The van der Waals surface area contributed by atoms with E-state index in [1.54, 1.807) is 10.9 Å². The van der Waals surface area contributed by atoms with Crippen molar-refractivity contribution in [3.05, 3.63) is 11.9 Å². The Hall–Kier alpha value is -1.23. The first-order valence-electron chi connectivity index (χ1n) is 6.42. The van der Waals surface area contributed by atoms with Crippen molar-refractivity contribution in [3.8, 4) is 0 Å². The fourth-order valence-corrected chi connectivity index (χ4v) is 2.50. The van der Waals surface area contributed by atoms with Crippen molar-refractivity contribution in [1.82, 2.24) is 15.0 Å². The second-order valence-corrected chi connectivity index (χ2v) is 4.76. The number of Topliss-reactive ketones (excluding diaryl/α,β-unsaturated/α-hetero) is 1. The number of carbonyl (C=O) groups is 1. The van der Waals surface area contributed by atoms with Crippen LogP contribution >= 0.6 is 0 Å². The van der Waals surface area contributed by atoms with E-state index in [4.69, 9.17) is 5.73 Å². The number of aromatic nitrogens is 3. The summed E-state index contributed by atoms with van der Waals surface area (Å²) >= 11 is 0. The lowest BCUT2D eigenvalue weighted by atomic mass is 9.81. The van der Waals surface area contributed by atoms with Crippen LogP contribution in [0.3, 0.4) is 0 Å². The van der Waals surface area contributed by atoms with Crippen molar-refractivity contribution >= 4 is 5.78 Å². The van der Waals surface area contributed by atoms with Crippen LogP contribution in [-0.2, 0) is 6.54 Å². The smallest absolute Gasteiger partial charge is 0.187 e. The van der Waals surface area contributed by atoms with Crippen molar-refractivity contribution < 1.29 is 4.79 Å². The van der Waals surface area contributed by atoms with Gasteiger partial charge >= 0.3 is 0 Å². The lowest BCUT2D eigenvalue weighted by Crippen LogP contribution is -2.38. The summed E-state index contributed by atoms with van der Waals surface area (Å²) in [5.41, 5.74) is 6.66. The number of hydrogen-bond donors (Lipinski definition) is 1. The van der Waals surface area contributed by atoms with Crippen molar-refractivity contribution in [2.24, 2.45) is 11.7 Å². The van der Waals surface area contributed by atoms with E-state index in [0.29, 0.717) is 5.69 Å². The second kappa shape index (κ2) is 5.40. The van der Waals surface area contributed by atoms with Crippen LogP contribution in [0.15, 0.2) is 6.20 Å². The Morgan fingerprint density at radius 3 is 3.00 bits per heavy atom. The Labute approximate surface area is 101 Å². The molecule has 0 aromatic carbocycles. The van der Waals surface area contributed by atoms with Gasteiger partial charge in [-0.3, -0.25) is 4.79 Å². The molecule has 2 rings (SSSR count). The first-order valence-corrected chi connectivity index (χ1v) is 6.42. The molecule has 5 nitrogen and oxygen atoms in total. The molecule has 0 aliphatic heterocycles. The fourth-order valence-electron chi connectivity index (χ4n) is 2.50. The molecular formula is C12H20N4O. The lowest BCUT2D eigenvalue weighted by molar-refractivity contribution is 0.0859. The van der Waals surface area contributed by atoms with E-state index < -0.39 is 0 Å². The van der Waals surface area contributed by atoms with Gasteiger partial charge in [0.1, 0.15) is 5.69 Å². The van der Waals surface area contributed by atoms with Gasteiger partial charge in [0.2, 0.25) is 0 Å². The van der Waals surface area contributed by atoms with E-state index in [1.807, 2.05) is 0 Å². The Balaban J connectivity index is 2.15. The standard InChI is InChI=1S/C12H20N4O/c1-2-7-16-11(8-14-15-16)12(17)9-5-3-4-6-10(9)13/h8-10H,2-7,13H2,1H3. The van der Waals surface area contributed by atoms with E-state index in [1.165, 1.54) is 0 Å². The van der Waals surface area contributed by atoms with E-state index in [0.717, 1.165) is 38.6 Å². The van der Waals surface area contributed by atoms with Crippen LogP contribution in [0.5, 0.6) is 0 Å². The van der Waals surface area contributed by atoms with Crippen molar-refractivity contribution in [1.29, 1.82) is 0 Å². The third kappa shape index (κ3) is 2.54. The van der Waals surface area contributed by atoms with Crippen molar-refractivity contribution in [2.75, 3.05) is 0 Å². The summed E-state index contributed by atoms with van der Waals surface area (Å²) in [6.45, 7) is 2.80. The van der Waals surface area contributed by atoms with Gasteiger partial charge < -0.3 is 5.73 Å². The number of carbonyl (C=O) groups excluding carboxylic acids is 1. The summed E-state index contributed by atoms with van der Waals surface area (Å²) in [5.74, 6) is 0.0773. The van der Waals surface area contributed by atoms with Gasteiger partial charge in [-0.05, 0) is 19.3 Å². The highest BCUT2D eigenvalue weighted by Gasteiger charge is 2.30. The first-order chi connectivity index (χ1) is 8.24. The zero-order valence-electron chi connectivity index (χ0n) is 10.3. The Kier molecular flexibility index (Phi) is 3.89. The molecule has 1 aromatic rings. The molecule has 17 heavy (non-hydrogen) atoms. The molecule has 1 saturated carbocycles.